The fourth-order valence-electron chi connectivity index (χ4n) is 1.39. The summed E-state index contributed by atoms with van der Waals surface area (Å²) >= 11 is 0. The van der Waals surface area contributed by atoms with Gasteiger partial charge in [-0.2, -0.15) is 0 Å². The van der Waals surface area contributed by atoms with Gasteiger partial charge in [0.05, 0.1) is 6.04 Å². The van der Waals surface area contributed by atoms with Crippen LogP contribution in [0.3, 0.4) is 0 Å². The Morgan fingerprint density at radius 3 is 2.14 bits per heavy atom. The monoisotopic (exact) mass is 192 g/mol. The summed E-state index contributed by atoms with van der Waals surface area (Å²) in [6.07, 6.45) is 7.92. The number of nitrogens with zero attached hydrogens (tertiary/aromatic N) is 6. The highest BCUT2D eigenvalue weighted by molar-refractivity contribution is 4.73. The molecular formula is C8H12N6. The summed E-state index contributed by atoms with van der Waals surface area (Å²) in [7, 11) is 0. The summed E-state index contributed by atoms with van der Waals surface area (Å²) in [6.45, 7) is 2.98. The molecule has 0 bridgehead atoms. The van der Waals surface area contributed by atoms with Crippen LogP contribution in [-0.4, -0.2) is 29.5 Å². The molecule has 0 aromatic carbocycles. The van der Waals surface area contributed by atoms with Crippen molar-refractivity contribution in [2.45, 2.75) is 25.9 Å². The molecule has 14 heavy (non-hydrogen) atoms. The van der Waals surface area contributed by atoms with E-state index < -0.39 is 0 Å². The van der Waals surface area contributed by atoms with Gasteiger partial charge in [-0.15, -0.1) is 20.4 Å². The van der Waals surface area contributed by atoms with Crippen LogP contribution in [0.2, 0.25) is 0 Å². The SMILES string of the molecule is CCC(Cn1cnnc1)n1cnnc1. The van der Waals surface area contributed by atoms with E-state index in [-0.39, 0.29) is 0 Å². The smallest absolute Gasteiger partial charge is 0.119 e. The summed E-state index contributed by atoms with van der Waals surface area (Å²) in [6, 6.07) is 0.362. The number of hydrogen-bond acceptors (Lipinski definition) is 4. The Hall–Kier alpha value is -1.72. The highest BCUT2D eigenvalue weighted by Gasteiger charge is 2.08. The molecule has 6 nitrogen and oxygen atoms in total. The van der Waals surface area contributed by atoms with Gasteiger partial charge in [-0.25, -0.2) is 0 Å². The van der Waals surface area contributed by atoms with Crippen LogP contribution in [0.25, 0.3) is 0 Å². The van der Waals surface area contributed by atoms with Gasteiger partial charge >= 0.3 is 0 Å². The van der Waals surface area contributed by atoms with Gasteiger partial charge in [-0.1, -0.05) is 6.92 Å². The molecule has 0 radical (unpaired) electrons. The van der Waals surface area contributed by atoms with E-state index in [1.807, 2.05) is 9.13 Å². The van der Waals surface area contributed by atoms with Gasteiger partial charge in [-0.05, 0) is 6.42 Å². The van der Waals surface area contributed by atoms with Crippen molar-refractivity contribution in [3.05, 3.63) is 25.3 Å². The predicted molar refractivity (Wildman–Crippen MR) is 49.4 cm³/mol. The van der Waals surface area contributed by atoms with E-state index in [1.165, 1.54) is 0 Å². The zero-order valence-corrected chi connectivity index (χ0v) is 7.98. The first-order valence-electron chi connectivity index (χ1n) is 4.56. The number of aromatic nitrogens is 6. The third-order valence-corrected chi connectivity index (χ3v) is 2.22. The van der Waals surface area contributed by atoms with Crippen molar-refractivity contribution in [3.63, 3.8) is 0 Å². The van der Waals surface area contributed by atoms with Crippen molar-refractivity contribution in [1.29, 1.82) is 0 Å². The Bertz CT molecular complexity index is 351. The maximum atomic E-state index is 3.79. The van der Waals surface area contributed by atoms with Crippen molar-refractivity contribution in [2.75, 3.05) is 0 Å². The summed E-state index contributed by atoms with van der Waals surface area (Å²) in [5.41, 5.74) is 0. The van der Waals surface area contributed by atoms with Crippen LogP contribution in [0.5, 0.6) is 0 Å². The van der Waals surface area contributed by atoms with E-state index in [9.17, 15) is 0 Å². The van der Waals surface area contributed by atoms with E-state index in [0.717, 1.165) is 13.0 Å². The second-order valence-electron chi connectivity index (χ2n) is 3.13. The zero-order chi connectivity index (χ0) is 9.80. The minimum atomic E-state index is 0.362. The van der Waals surface area contributed by atoms with Gasteiger partial charge in [0.25, 0.3) is 0 Å². The average molecular weight is 192 g/mol. The lowest BCUT2D eigenvalue weighted by molar-refractivity contribution is 0.416. The molecule has 0 saturated carbocycles. The highest BCUT2D eigenvalue weighted by Crippen LogP contribution is 2.11. The van der Waals surface area contributed by atoms with Gasteiger partial charge in [-0.3, -0.25) is 0 Å². The Morgan fingerprint density at radius 2 is 1.57 bits per heavy atom. The van der Waals surface area contributed by atoms with Crippen LogP contribution in [0.15, 0.2) is 25.3 Å². The molecule has 2 aromatic rings. The van der Waals surface area contributed by atoms with Crippen molar-refractivity contribution < 1.29 is 0 Å². The van der Waals surface area contributed by atoms with Crippen LogP contribution >= 0.6 is 0 Å². The molecule has 74 valence electrons. The molecule has 0 aliphatic rings. The molecule has 0 N–H and O–H groups in total. The standard InChI is InChI=1S/C8H12N6/c1-2-8(14-6-11-12-7-14)3-13-4-9-10-5-13/h4-8H,2-3H2,1H3. The lowest BCUT2D eigenvalue weighted by Crippen LogP contribution is -2.13. The molecule has 6 heteroatoms. The minimum Gasteiger partial charge on any atom is -0.318 e. The summed E-state index contributed by atoms with van der Waals surface area (Å²) < 4.78 is 3.95. The fraction of sp³-hybridized carbons (Fsp3) is 0.500. The molecule has 0 aliphatic heterocycles. The molecule has 2 rings (SSSR count). The summed E-state index contributed by atoms with van der Waals surface area (Å²) in [5, 5.41) is 15.1. The number of rotatable bonds is 4. The van der Waals surface area contributed by atoms with E-state index in [1.54, 1.807) is 25.3 Å². The molecule has 0 saturated heterocycles. The van der Waals surface area contributed by atoms with E-state index in [2.05, 4.69) is 27.3 Å². The fourth-order valence-corrected chi connectivity index (χ4v) is 1.39. The molecule has 1 atom stereocenters. The topological polar surface area (TPSA) is 61.4 Å². The Balaban J connectivity index is 2.08. The molecule has 2 heterocycles. The molecule has 0 fully saturated rings. The lowest BCUT2D eigenvalue weighted by atomic mass is 10.2. The van der Waals surface area contributed by atoms with Gasteiger partial charge in [0.1, 0.15) is 25.3 Å². The quantitative estimate of drug-likeness (QED) is 0.708. The second kappa shape index (κ2) is 3.99. The van der Waals surface area contributed by atoms with Crippen molar-refractivity contribution in [3.8, 4) is 0 Å². The second-order valence-corrected chi connectivity index (χ2v) is 3.13. The normalized spacial score (nSPS) is 12.9. The van der Waals surface area contributed by atoms with Gasteiger partial charge in [0.15, 0.2) is 0 Å². The first kappa shape index (κ1) is 8.86. The van der Waals surface area contributed by atoms with Gasteiger partial charge in [0.2, 0.25) is 0 Å². The lowest BCUT2D eigenvalue weighted by Gasteiger charge is -2.15. The molecular weight excluding hydrogens is 180 g/mol. The summed E-state index contributed by atoms with van der Waals surface area (Å²) in [4.78, 5) is 0. The predicted octanol–water partition coefficient (Wildman–Crippen LogP) is 0.521. The Labute approximate surface area is 81.6 Å². The Morgan fingerprint density at radius 1 is 1.00 bits per heavy atom. The highest BCUT2D eigenvalue weighted by atomic mass is 15.3. The van der Waals surface area contributed by atoms with E-state index >= 15 is 0 Å². The largest absolute Gasteiger partial charge is 0.318 e. The minimum absolute atomic E-state index is 0.362. The van der Waals surface area contributed by atoms with Crippen LogP contribution < -0.4 is 0 Å². The third-order valence-electron chi connectivity index (χ3n) is 2.22. The summed E-state index contributed by atoms with van der Waals surface area (Å²) in [5.74, 6) is 0. The van der Waals surface area contributed by atoms with Crippen LogP contribution in [0, 0.1) is 0 Å². The maximum absolute atomic E-state index is 3.79. The average Bonchev–Trinajstić information content (AvgIpc) is 2.86. The number of hydrogen-bond donors (Lipinski definition) is 0. The first-order valence-corrected chi connectivity index (χ1v) is 4.56. The van der Waals surface area contributed by atoms with Crippen LogP contribution in [0.1, 0.15) is 19.4 Å². The molecule has 0 amide bonds. The molecule has 2 aromatic heterocycles. The maximum Gasteiger partial charge on any atom is 0.119 e. The van der Waals surface area contributed by atoms with Crippen LogP contribution in [0.4, 0.5) is 0 Å². The van der Waals surface area contributed by atoms with E-state index in [4.69, 9.17) is 0 Å². The van der Waals surface area contributed by atoms with Crippen molar-refractivity contribution in [2.24, 2.45) is 0 Å². The molecule has 1 unspecified atom stereocenters. The zero-order valence-electron chi connectivity index (χ0n) is 7.98. The van der Waals surface area contributed by atoms with Crippen molar-refractivity contribution >= 4 is 0 Å². The Kier molecular flexibility index (Phi) is 2.53. The van der Waals surface area contributed by atoms with Crippen LogP contribution in [-0.2, 0) is 6.54 Å². The van der Waals surface area contributed by atoms with Gasteiger partial charge in [0, 0.05) is 6.54 Å². The van der Waals surface area contributed by atoms with E-state index in [0.29, 0.717) is 6.04 Å². The molecule has 0 aliphatic carbocycles. The first-order chi connectivity index (χ1) is 6.90. The van der Waals surface area contributed by atoms with Crippen molar-refractivity contribution in [1.82, 2.24) is 29.5 Å². The third kappa shape index (κ3) is 1.78. The molecule has 0 spiro atoms. The van der Waals surface area contributed by atoms with Gasteiger partial charge < -0.3 is 9.13 Å².